The molecular weight excluding hydrogens is 294 g/mol. The molecular formula is C14H16BrNS. The third-order valence-electron chi connectivity index (χ3n) is 2.87. The average Bonchev–Trinajstić information content (AvgIpc) is 2.80. The van der Waals surface area contributed by atoms with Crippen molar-refractivity contribution in [3.05, 3.63) is 45.2 Å². The van der Waals surface area contributed by atoms with Crippen LogP contribution in [0, 0.1) is 6.92 Å². The largest absolute Gasteiger partial charge is 0.313 e. The van der Waals surface area contributed by atoms with E-state index in [9.17, 15) is 0 Å². The van der Waals surface area contributed by atoms with Crippen molar-refractivity contribution in [2.45, 2.75) is 19.9 Å². The molecule has 1 aromatic heterocycles. The molecule has 0 amide bonds. The van der Waals surface area contributed by atoms with Gasteiger partial charge in [0.15, 0.2) is 0 Å². The second kappa shape index (κ2) is 5.34. The Balaban J connectivity index is 2.40. The third-order valence-corrected chi connectivity index (χ3v) is 4.87. The second-order valence-electron chi connectivity index (χ2n) is 4.20. The molecule has 0 aliphatic heterocycles. The van der Waals surface area contributed by atoms with E-state index in [4.69, 9.17) is 0 Å². The summed E-state index contributed by atoms with van der Waals surface area (Å²) in [7, 11) is 1.99. The number of hydrogen-bond acceptors (Lipinski definition) is 2. The lowest BCUT2D eigenvalue weighted by atomic mass is 10.1. The van der Waals surface area contributed by atoms with Crippen LogP contribution >= 0.6 is 27.3 Å². The summed E-state index contributed by atoms with van der Waals surface area (Å²) in [6, 6.07) is 11.3. The molecule has 3 heteroatoms. The smallest absolute Gasteiger partial charge is 0.0383 e. The molecule has 0 saturated carbocycles. The fourth-order valence-corrected chi connectivity index (χ4v) is 3.39. The maximum Gasteiger partial charge on any atom is 0.0383 e. The molecule has 1 unspecified atom stereocenters. The fraction of sp³-hybridized carbons (Fsp3) is 0.286. The van der Waals surface area contributed by atoms with Gasteiger partial charge >= 0.3 is 0 Å². The van der Waals surface area contributed by atoms with Crippen LogP contribution in [0.15, 0.2) is 34.8 Å². The van der Waals surface area contributed by atoms with Gasteiger partial charge in [-0.25, -0.2) is 0 Å². The van der Waals surface area contributed by atoms with E-state index in [-0.39, 0.29) is 0 Å². The molecule has 0 radical (unpaired) electrons. The number of hydrogen-bond donors (Lipinski definition) is 1. The maximum absolute atomic E-state index is 3.62. The van der Waals surface area contributed by atoms with E-state index in [1.807, 2.05) is 18.4 Å². The first-order valence-corrected chi connectivity index (χ1v) is 7.26. The highest BCUT2D eigenvalue weighted by molar-refractivity contribution is 9.10. The van der Waals surface area contributed by atoms with E-state index in [0.717, 1.165) is 4.47 Å². The molecule has 0 spiro atoms. The van der Waals surface area contributed by atoms with Gasteiger partial charge < -0.3 is 5.32 Å². The van der Waals surface area contributed by atoms with Gasteiger partial charge in [0, 0.05) is 25.8 Å². The zero-order valence-electron chi connectivity index (χ0n) is 10.3. The Hall–Kier alpha value is -0.640. The third kappa shape index (κ3) is 2.79. The van der Waals surface area contributed by atoms with Crippen molar-refractivity contribution in [3.8, 4) is 10.4 Å². The highest BCUT2D eigenvalue weighted by atomic mass is 79.9. The van der Waals surface area contributed by atoms with Crippen molar-refractivity contribution in [1.29, 1.82) is 0 Å². The topological polar surface area (TPSA) is 12.0 Å². The first kappa shape index (κ1) is 12.8. The van der Waals surface area contributed by atoms with Crippen LogP contribution in [0.4, 0.5) is 0 Å². The minimum Gasteiger partial charge on any atom is -0.313 e. The number of halogens is 1. The van der Waals surface area contributed by atoms with Crippen molar-refractivity contribution < 1.29 is 0 Å². The Kier molecular flexibility index (Phi) is 4.02. The van der Waals surface area contributed by atoms with Crippen LogP contribution in [-0.2, 0) is 0 Å². The molecule has 1 heterocycles. The van der Waals surface area contributed by atoms with Gasteiger partial charge in [0.25, 0.3) is 0 Å². The molecule has 1 N–H and O–H groups in total. The standard InChI is InChI=1S/C14H16BrNS/c1-9-4-5-12(15)11(8-9)14-7-6-13(17-14)10(2)16-3/h4-8,10,16H,1-3H3. The van der Waals surface area contributed by atoms with Gasteiger partial charge in [-0.2, -0.15) is 0 Å². The van der Waals surface area contributed by atoms with Crippen LogP contribution < -0.4 is 5.32 Å². The molecule has 90 valence electrons. The van der Waals surface area contributed by atoms with E-state index in [1.54, 1.807) is 0 Å². The van der Waals surface area contributed by atoms with E-state index >= 15 is 0 Å². The van der Waals surface area contributed by atoms with Crippen LogP contribution in [0.25, 0.3) is 10.4 Å². The van der Waals surface area contributed by atoms with Crippen molar-refractivity contribution >= 4 is 27.3 Å². The van der Waals surface area contributed by atoms with Crippen LogP contribution in [-0.4, -0.2) is 7.05 Å². The fourth-order valence-electron chi connectivity index (χ4n) is 1.70. The molecule has 0 aliphatic carbocycles. The minimum absolute atomic E-state index is 0.414. The summed E-state index contributed by atoms with van der Waals surface area (Å²) in [6.45, 7) is 4.31. The second-order valence-corrected chi connectivity index (χ2v) is 6.17. The normalized spacial score (nSPS) is 12.7. The lowest BCUT2D eigenvalue weighted by Crippen LogP contribution is -2.10. The van der Waals surface area contributed by atoms with E-state index in [1.165, 1.54) is 20.9 Å². The van der Waals surface area contributed by atoms with Gasteiger partial charge in [0.05, 0.1) is 0 Å². The molecule has 17 heavy (non-hydrogen) atoms. The van der Waals surface area contributed by atoms with Gasteiger partial charge in [-0.1, -0.05) is 27.6 Å². The van der Waals surface area contributed by atoms with Gasteiger partial charge in [0.2, 0.25) is 0 Å². The molecule has 1 nitrogen and oxygen atoms in total. The summed E-state index contributed by atoms with van der Waals surface area (Å²) in [5.41, 5.74) is 2.57. The molecule has 0 bridgehead atoms. The van der Waals surface area contributed by atoms with Crippen LogP contribution in [0.3, 0.4) is 0 Å². The Morgan fingerprint density at radius 2 is 2.00 bits per heavy atom. The van der Waals surface area contributed by atoms with E-state index in [2.05, 4.69) is 65.4 Å². The number of benzene rings is 1. The molecule has 1 atom stereocenters. The maximum atomic E-state index is 3.62. The quantitative estimate of drug-likeness (QED) is 0.861. The predicted molar refractivity (Wildman–Crippen MR) is 79.7 cm³/mol. The average molecular weight is 310 g/mol. The Bertz CT molecular complexity index is 519. The van der Waals surface area contributed by atoms with Crippen LogP contribution in [0.1, 0.15) is 23.4 Å². The van der Waals surface area contributed by atoms with Crippen molar-refractivity contribution in [1.82, 2.24) is 5.32 Å². The SMILES string of the molecule is CNC(C)c1ccc(-c2cc(C)ccc2Br)s1. The summed E-state index contributed by atoms with van der Waals surface area (Å²) in [4.78, 5) is 2.69. The molecule has 0 fully saturated rings. The summed E-state index contributed by atoms with van der Waals surface area (Å²) < 4.78 is 1.16. The zero-order chi connectivity index (χ0) is 12.4. The number of rotatable bonds is 3. The number of thiophene rings is 1. The lowest BCUT2D eigenvalue weighted by Gasteiger charge is -2.06. The van der Waals surface area contributed by atoms with Crippen molar-refractivity contribution in [2.75, 3.05) is 7.05 Å². The summed E-state index contributed by atoms with van der Waals surface area (Å²) in [6.07, 6.45) is 0. The van der Waals surface area contributed by atoms with Gasteiger partial charge in [-0.3, -0.25) is 0 Å². The number of aryl methyl sites for hydroxylation is 1. The van der Waals surface area contributed by atoms with Gasteiger partial charge in [-0.05, 0) is 45.2 Å². The van der Waals surface area contributed by atoms with Gasteiger partial charge in [-0.15, -0.1) is 11.3 Å². The minimum atomic E-state index is 0.414. The van der Waals surface area contributed by atoms with Crippen molar-refractivity contribution in [2.24, 2.45) is 0 Å². The highest BCUT2D eigenvalue weighted by Crippen LogP contribution is 2.35. The summed E-state index contributed by atoms with van der Waals surface area (Å²) >= 11 is 5.47. The van der Waals surface area contributed by atoms with Gasteiger partial charge in [0.1, 0.15) is 0 Å². The zero-order valence-corrected chi connectivity index (χ0v) is 12.7. The first-order valence-electron chi connectivity index (χ1n) is 5.65. The molecule has 0 aliphatic rings. The number of nitrogens with one attached hydrogen (secondary N) is 1. The predicted octanol–water partition coefficient (Wildman–Crippen LogP) is 4.77. The van der Waals surface area contributed by atoms with Crippen LogP contribution in [0.2, 0.25) is 0 Å². The Labute approximate surface area is 115 Å². The van der Waals surface area contributed by atoms with E-state index < -0.39 is 0 Å². The summed E-state index contributed by atoms with van der Waals surface area (Å²) in [5.74, 6) is 0. The lowest BCUT2D eigenvalue weighted by molar-refractivity contribution is 0.664. The van der Waals surface area contributed by atoms with E-state index in [0.29, 0.717) is 6.04 Å². The van der Waals surface area contributed by atoms with Crippen LogP contribution in [0.5, 0.6) is 0 Å². The Morgan fingerprint density at radius 1 is 1.24 bits per heavy atom. The molecule has 2 aromatic rings. The first-order chi connectivity index (χ1) is 8.11. The summed E-state index contributed by atoms with van der Waals surface area (Å²) in [5, 5.41) is 3.27. The monoisotopic (exact) mass is 309 g/mol. The molecule has 1 aromatic carbocycles. The highest BCUT2D eigenvalue weighted by Gasteiger charge is 2.10. The Morgan fingerprint density at radius 3 is 2.71 bits per heavy atom. The molecule has 2 rings (SSSR count). The van der Waals surface area contributed by atoms with Crippen molar-refractivity contribution in [3.63, 3.8) is 0 Å². The molecule has 0 saturated heterocycles.